The SMILES string of the molecule is C1CCOC1.CCOC(=O)C(=O)Cl.COc1cc(C)ccc1C(=O)O.COc1cc(C)ccc1C(N)=O.COc1cc(C)ccc1CN.COc1cc(C)ccc1CN.COc1cc(C)ccc1CNC(=O)C(=O)CCCc1ccc(C)cn1.Cc1ccc(Br)nc1.Cc1ccc(C(=O)O)c(O)c1.Cc1ccc(CC#N)nc1.Cc1ccc(CCN)nc1.Cc1ccc(CCN)nc1.[B]. The molecular weight excluding hydrogens is 1790 g/mol. The number of carbonyl (C=O) groups is 7. The molecule has 6 heterocycles. The van der Waals surface area contributed by atoms with Crippen molar-refractivity contribution in [3.63, 3.8) is 0 Å². The number of carboxylic acid groups (broad SMARTS) is 2. The molecule has 1 aliphatic heterocycles. The Bertz CT molecular complexity index is 5150. The Morgan fingerprint density at radius 3 is 1.10 bits per heavy atom. The van der Waals surface area contributed by atoms with Crippen molar-refractivity contribution >= 4 is 76.7 Å². The summed E-state index contributed by atoms with van der Waals surface area (Å²) in [7, 11) is 7.88. The van der Waals surface area contributed by atoms with E-state index in [-0.39, 0.29) is 44.9 Å². The lowest BCUT2D eigenvalue weighted by molar-refractivity contribution is -0.149. The predicted molar refractivity (Wildman–Crippen MR) is 530 cm³/mol. The summed E-state index contributed by atoms with van der Waals surface area (Å²) >= 11 is 7.93. The number of aromatic nitrogens is 5. The maximum absolute atomic E-state index is 12.0. The maximum Gasteiger partial charge on any atom is 0.391 e. The average Bonchev–Trinajstić information content (AvgIpc) is 0.987. The Balaban J connectivity index is 0.00000147. The van der Waals surface area contributed by atoms with Gasteiger partial charge in [0.2, 0.25) is 5.78 Å². The Hall–Kier alpha value is -13.3. The lowest BCUT2D eigenvalue weighted by Gasteiger charge is -2.10. The largest absolute Gasteiger partial charge is 0.507 e. The van der Waals surface area contributed by atoms with Crippen LogP contribution in [0.25, 0.3) is 0 Å². The number of halogens is 2. The lowest BCUT2D eigenvalue weighted by atomic mass is 10.1. The summed E-state index contributed by atoms with van der Waals surface area (Å²) in [5.74, 6) is -1.27. The summed E-state index contributed by atoms with van der Waals surface area (Å²) in [6.45, 7) is 28.1. The highest BCUT2D eigenvalue weighted by atomic mass is 79.9. The molecule has 11 aromatic rings. The van der Waals surface area contributed by atoms with Gasteiger partial charge in [0.1, 0.15) is 50.2 Å². The average molecular weight is 1920 g/mol. The monoisotopic (exact) mass is 1920 g/mol. The Labute approximate surface area is 804 Å². The Morgan fingerprint density at radius 2 is 0.791 bits per heavy atom. The maximum atomic E-state index is 12.0. The van der Waals surface area contributed by atoms with Gasteiger partial charge in [-0.1, -0.05) is 84.9 Å². The minimum atomic E-state index is -1.11. The normalized spacial score (nSPS) is 10.1. The van der Waals surface area contributed by atoms with Gasteiger partial charge in [0.25, 0.3) is 11.8 Å². The number of pyridine rings is 5. The van der Waals surface area contributed by atoms with Crippen molar-refractivity contribution in [1.82, 2.24) is 30.2 Å². The highest BCUT2D eigenvalue weighted by Gasteiger charge is 2.16. The van der Waals surface area contributed by atoms with Gasteiger partial charge < -0.3 is 82.5 Å². The van der Waals surface area contributed by atoms with Crippen molar-refractivity contribution in [2.75, 3.05) is 68.5 Å². The number of rotatable bonds is 24. The highest BCUT2D eigenvalue weighted by molar-refractivity contribution is 9.10. The molecule has 0 spiro atoms. The molecule has 0 saturated carbocycles. The fourth-order valence-corrected chi connectivity index (χ4v) is 11.0. The number of nitrogens with one attached hydrogen (secondary N) is 1. The lowest BCUT2D eigenvalue weighted by Crippen LogP contribution is -2.30. The molecule has 1 aliphatic rings. The first-order valence-electron chi connectivity index (χ1n) is 42.3. The van der Waals surface area contributed by atoms with Gasteiger partial charge in [0.05, 0.1) is 65.9 Å². The van der Waals surface area contributed by atoms with Crippen molar-refractivity contribution < 1.29 is 82.0 Å². The van der Waals surface area contributed by atoms with Crippen molar-refractivity contribution in [3.8, 4) is 40.6 Å². The summed E-state index contributed by atoms with van der Waals surface area (Å²) in [5.41, 5.74) is 46.4. The number of carboxylic acids is 2. The summed E-state index contributed by atoms with van der Waals surface area (Å²) in [6, 6.07) is 54.3. The molecule has 0 aliphatic carbocycles. The zero-order valence-corrected chi connectivity index (χ0v) is 82.2. The van der Waals surface area contributed by atoms with Crippen molar-refractivity contribution in [2.24, 2.45) is 28.7 Å². The van der Waals surface area contributed by atoms with E-state index in [0.29, 0.717) is 68.3 Å². The molecule has 5 aromatic heterocycles. The summed E-state index contributed by atoms with van der Waals surface area (Å²) in [5, 5.41) is 36.2. The molecule has 14 N–H and O–H groups in total. The molecular formula is C102H130BBrClN12O17. The third-order valence-electron chi connectivity index (χ3n) is 18.0. The summed E-state index contributed by atoms with van der Waals surface area (Å²) < 4.78 is 35.5. The van der Waals surface area contributed by atoms with Crippen LogP contribution in [0.1, 0.15) is 164 Å². The Morgan fingerprint density at radius 1 is 0.455 bits per heavy atom. The molecule has 2 amide bonds. The first-order chi connectivity index (χ1) is 63.4. The number of aromatic carboxylic acids is 2. The van der Waals surface area contributed by atoms with E-state index in [1.807, 2.05) is 203 Å². The molecule has 6 aromatic carbocycles. The van der Waals surface area contributed by atoms with E-state index in [4.69, 9.17) is 89.3 Å². The first kappa shape index (κ1) is 121. The zero-order chi connectivity index (χ0) is 99.8. The van der Waals surface area contributed by atoms with E-state index in [0.717, 1.165) is 115 Å². The van der Waals surface area contributed by atoms with Crippen molar-refractivity contribution in [1.29, 1.82) is 5.26 Å². The van der Waals surface area contributed by atoms with Crippen LogP contribution in [0.5, 0.6) is 34.5 Å². The van der Waals surface area contributed by atoms with Gasteiger partial charge in [0, 0.05) is 125 Å². The highest BCUT2D eigenvalue weighted by Crippen LogP contribution is 2.24. The minimum Gasteiger partial charge on any atom is -0.507 e. The topological polar surface area (TPSA) is 475 Å². The molecule has 1 fully saturated rings. The third-order valence-corrected chi connectivity index (χ3v) is 18.6. The molecule has 3 radical (unpaired) electrons. The number of hydrogen-bond acceptors (Lipinski definition) is 25. The molecule has 29 nitrogen and oxygen atoms in total. The second kappa shape index (κ2) is 70.5. The number of Topliss-reactive ketones (excluding diaryl/α,β-unsaturated/α-hetero) is 1. The van der Waals surface area contributed by atoms with Gasteiger partial charge in [-0.3, -0.25) is 39.1 Å². The molecule has 12 rings (SSSR count). The fourth-order valence-electron chi connectivity index (χ4n) is 10.7. The minimum absolute atomic E-state index is 0. The van der Waals surface area contributed by atoms with Crippen LogP contribution in [0.4, 0.5) is 0 Å². The number of amides is 2. The molecule has 32 heteroatoms. The van der Waals surface area contributed by atoms with E-state index in [9.17, 15) is 33.6 Å². The second-order valence-electron chi connectivity index (χ2n) is 29.4. The Kier molecular flexibility index (Phi) is 63.5. The number of carbonyl (C=O) groups excluding carboxylic acids is 5. The van der Waals surface area contributed by atoms with Crippen LogP contribution in [-0.4, -0.2) is 158 Å². The van der Waals surface area contributed by atoms with E-state index in [2.05, 4.69) is 63.0 Å². The summed E-state index contributed by atoms with van der Waals surface area (Å²) in [4.78, 5) is 96.3. The number of nitriles is 1. The van der Waals surface area contributed by atoms with Gasteiger partial charge in [0.15, 0.2) is 0 Å². The van der Waals surface area contributed by atoms with Gasteiger partial charge in [-0.2, -0.15) is 5.26 Å². The number of aromatic hydroxyl groups is 1. The van der Waals surface area contributed by atoms with Gasteiger partial charge in [-0.25, -0.2) is 19.4 Å². The number of ketones is 1. The van der Waals surface area contributed by atoms with E-state index < -0.39 is 40.7 Å². The van der Waals surface area contributed by atoms with Crippen LogP contribution in [0.2, 0.25) is 0 Å². The number of hydrogen-bond donors (Lipinski definition) is 9. The number of nitrogens with zero attached hydrogens (tertiary/aromatic N) is 6. The zero-order valence-electron chi connectivity index (χ0n) is 79.8. The number of benzene rings is 6. The van der Waals surface area contributed by atoms with Crippen LogP contribution < -0.4 is 57.7 Å². The van der Waals surface area contributed by atoms with Crippen LogP contribution in [0.15, 0.2) is 205 Å². The van der Waals surface area contributed by atoms with Crippen molar-refractivity contribution in [2.45, 2.75) is 154 Å². The van der Waals surface area contributed by atoms with Crippen LogP contribution in [0, 0.1) is 87.5 Å². The predicted octanol–water partition coefficient (Wildman–Crippen LogP) is 16.2. The van der Waals surface area contributed by atoms with Crippen molar-refractivity contribution in [3.05, 3.63) is 323 Å². The second-order valence-corrected chi connectivity index (χ2v) is 30.6. The van der Waals surface area contributed by atoms with E-state index in [1.165, 1.54) is 73.1 Å². The standard InChI is InChI=1S/C20H24N2O3.C9H11NO2.2C9H13NO.C9H10O3.2C8H12N2.C8H8N2.C8H8O3.C6H6BrN.C4H5ClO3.C4H8O.B/c1-14-7-9-16(19(11-14)25-3)13-22-20(24)18(23)6-4-5-17-10-8-15(2)12-21-17;1-6-3-4-7(9(10)11)8(5-6)12-2;2*1-7-3-4-8(6-10)9(5-7)11-2;1-6-3-4-7(9(10)11)8(5-6)12-2;3*1-7-2-3-8(4-5-9)10-6-7;1-5-2-3-6(8(10)11)7(9)4-5;1-5-2-3-6(7)8-4-5;1-2-8-4(7)3(5)6;1-2-4-5-3-1;/h7-12H,4-6,13H2,1-3H3,(H,22,24);3-5H,1-2H3,(H2,10,11);2*3-5H,6,10H2,1-2H3;3-5H,1-2H3,(H,10,11);2*2-3,6H,4-5,9H2,1H3;2-3,6H,4H2,1H3;2-4,9H,1H3,(H,10,11);2-4H,1H3;2H2,1H3;1-4H2;. The van der Waals surface area contributed by atoms with E-state index >= 15 is 0 Å². The molecule has 134 heavy (non-hydrogen) atoms. The molecule has 717 valence electrons. The van der Waals surface area contributed by atoms with E-state index in [1.54, 1.807) is 77.9 Å². The van der Waals surface area contributed by atoms with Gasteiger partial charge in [-0.15, -0.1) is 0 Å². The molecule has 0 atom stereocenters. The number of nitrogens with two attached hydrogens (primary N) is 5. The number of ether oxygens (including phenoxy) is 7. The summed E-state index contributed by atoms with van der Waals surface area (Å²) in [6.07, 6.45) is 15.3. The first-order valence-corrected chi connectivity index (χ1v) is 43.5. The molecule has 0 bridgehead atoms. The number of aryl methyl sites for hydroxylation is 12. The fraction of sp³-hybridized carbons (Fsp3) is 0.324. The molecule has 1 saturated heterocycles. The van der Waals surface area contributed by atoms with Crippen LogP contribution in [0.3, 0.4) is 0 Å². The van der Waals surface area contributed by atoms with Gasteiger partial charge in [-0.05, 0) is 296 Å². The molecule has 0 unspecified atom stereocenters. The number of primary amides is 1. The van der Waals surface area contributed by atoms with Crippen LogP contribution in [-0.2, 0) is 74.0 Å². The quantitative estimate of drug-likeness (QED) is 0.00892. The number of phenols is 1. The van der Waals surface area contributed by atoms with Gasteiger partial charge >= 0.3 is 23.2 Å². The number of esters is 1. The van der Waals surface area contributed by atoms with Crippen LogP contribution >= 0.6 is 27.5 Å². The number of methoxy groups -OCH3 is 5. The third kappa shape index (κ3) is 52.7. The smallest absolute Gasteiger partial charge is 0.391 e.